The number of amides is 2. The fourth-order valence-electron chi connectivity index (χ4n) is 1.37. The number of nitro groups is 1. The third kappa shape index (κ3) is 1.68. The summed E-state index contributed by atoms with van der Waals surface area (Å²) in [6.07, 6.45) is 5.12. The van der Waals surface area contributed by atoms with Crippen LogP contribution in [0.3, 0.4) is 0 Å². The predicted molar refractivity (Wildman–Crippen MR) is 56.5 cm³/mol. The van der Waals surface area contributed by atoms with Crippen molar-refractivity contribution in [2.45, 2.75) is 0 Å². The van der Waals surface area contributed by atoms with Crippen LogP contribution in [0.15, 0.2) is 12.1 Å². The van der Waals surface area contributed by atoms with E-state index >= 15 is 0 Å². The largest absolute Gasteiger partial charge is 0.335 e. The van der Waals surface area contributed by atoms with Crippen molar-refractivity contribution in [2.24, 2.45) is 0 Å². The van der Waals surface area contributed by atoms with Crippen molar-refractivity contribution >= 4 is 28.9 Å². The Morgan fingerprint density at radius 1 is 1.41 bits per heavy atom. The molecule has 0 atom stereocenters. The molecule has 83 valence electrons. The van der Waals surface area contributed by atoms with Crippen molar-refractivity contribution < 1.29 is 14.5 Å². The summed E-state index contributed by atoms with van der Waals surface area (Å²) in [5, 5.41) is 16.4. The molecule has 17 heavy (non-hydrogen) atoms. The van der Waals surface area contributed by atoms with Crippen LogP contribution in [0.1, 0.15) is 5.56 Å². The molecule has 1 aromatic carbocycles. The van der Waals surface area contributed by atoms with Gasteiger partial charge >= 0.3 is 11.8 Å². The van der Waals surface area contributed by atoms with Crippen molar-refractivity contribution in [3.8, 4) is 12.3 Å². The molecule has 1 radical (unpaired) electrons. The van der Waals surface area contributed by atoms with Crippen LogP contribution in [-0.4, -0.2) is 16.7 Å². The van der Waals surface area contributed by atoms with E-state index in [4.69, 9.17) is 6.42 Å². The van der Waals surface area contributed by atoms with Gasteiger partial charge in [0.05, 0.1) is 16.3 Å². The maximum Gasteiger partial charge on any atom is 0.335 e. The van der Waals surface area contributed by atoms with E-state index in [1.807, 2.05) is 0 Å². The van der Waals surface area contributed by atoms with Crippen LogP contribution in [0.25, 0.3) is 0 Å². The molecule has 1 N–H and O–H groups in total. The number of hydrogen-bond donors (Lipinski definition) is 1. The number of nitrogens with one attached hydrogen (secondary N) is 1. The van der Waals surface area contributed by atoms with Crippen molar-refractivity contribution in [2.75, 3.05) is 5.32 Å². The first kappa shape index (κ1) is 10.6. The lowest BCUT2D eigenvalue weighted by molar-refractivity contribution is -0.385. The van der Waals surface area contributed by atoms with Crippen LogP contribution in [0, 0.1) is 22.5 Å². The molecule has 0 spiro atoms. The Morgan fingerprint density at radius 3 is 2.71 bits per heavy atom. The Bertz CT molecular complexity index is 600. The highest BCUT2D eigenvalue weighted by Crippen LogP contribution is 2.32. The van der Waals surface area contributed by atoms with Gasteiger partial charge in [0, 0.05) is 6.07 Å². The quantitative estimate of drug-likeness (QED) is 0.324. The Hall–Kier alpha value is -2.88. The number of nitro benzene ring substituents is 1. The lowest BCUT2D eigenvalue weighted by atomic mass is 10.1. The third-order valence-corrected chi connectivity index (χ3v) is 2.13. The first-order valence-corrected chi connectivity index (χ1v) is 4.39. The normalized spacial score (nSPS) is 13.1. The van der Waals surface area contributed by atoms with Gasteiger partial charge in [-0.05, 0) is 6.07 Å². The summed E-state index contributed by atoms with van der Waals surface area (Å²) in [5.74, 6) is 0.233. The zero-order chi connectivity index (χ0) is 12.6. The number of nitrogens with zero attached hydrogens (tertiary/aromatic N) is 2. The summed E-state index contributed by atoms with van der Waals surface area (Å²) < 4.78 is 0. The molecule has 0 bridgehead atoms. The number of anilines is 1. The van der Waals surface area contributed by atoms with Gasteiger partial charge in [-0.25, -0.2) is 5.32 Å². The standard InChI is InChI=1S/C10H4N3O4/c1-2-5-3-6-7(4-8(5)13(16)17)12-10(15)9(14)11-6/h1,3-4H,(H,12,15). The Kier molecular flexibility index (Phi) is 2.25. The van der Waals surface area contributed by atoms with E-state index in [2.05, 4.69) is 16.6 Å². The van der Waals surface area contributed by atoms with E-state index in [0.717, 1.165) is 6.07 Å². The molecular formula is C10H4N3O4. The number of carbonyl (C=O) groups excluding carboxylic acids is 2. The van der Waals surface area contributed by atoms with E-state index < -0.39 is 16.7 Å². The highest BCUT2D eigenvalue weighted by molar-refractivity contribution is 6.42. The minimum atomic E-state index is -0.964. The number of rotatable bonds is 1. The van der Waals surface area contributed by atoms with Gasteiger partial charge in [0.1, 0.15) is 5.56 Å². The summed E-state index contributed by atoms with van der Waals surface area (Å²) in [6.45, 7) is 0. The fourth-order valence-corrected chi connectivity index (χ4v) is 1.37. The smallest absolute Gasteiger partial charge is 0.316 e. The molecule has 0 fully saturated rings. The highest BCUT2D eigenvalue weighted by Gasteiger charge is 2.28. The molecule has 0 saturated heterocycles. The maximum atomic E-state index is 11.0. The van der Waals surface area contributed by atoms with Crippen LogP contribution >= 0.6 is 0 Å². The maximum absolute atomic E-state index is 11.0. The van der Waals surface area contributed by atoms with Gasteiger partial charge in [0.2, 0.25) is 0 Å². The van der Waals surface area contributed by atoms with Crippen LogP contribution < -0.4 is 10.6 Å². The van der Waals surface area contributed by atoms with Crippen molar-refractivity contribution in [3.63, 3.8) is 0 Å². The molecular weight excluding hydrogens is 226 g/mol. The van der Waals surface area contributed by atoms with E-state index in [9.17, 15) is 19.7 Å². The number of benzene rings is 1. The molecule has 1 heterocycles. The topological polar surface area (TPSA) is 103 Å². The van der Waals surface area contributed by atoms with Gasteiger partial charge in [-0.3, -0.25) is 19.7 Å². The summed E-state index contributed by atoms with van der Waals surface area (Å²) in [4.78, 5) is 32.1. The molecule has 2 amide bonds. The molecule has 0 saturated carbocycles. The van der Waals surface area contributed by atoms with Gasteiger partial charge < -0.3 is 5.32 Å². The van der Waals surface area contributed by atoms with Crippen LogP contribution in [0.2, 0.25) is 0 Å². The van der Waals surface area contributed by atoms with E-state index in [-0.39, 0.29) is 22.6 Å². The molecule has 1 aliphatic rings. The fraction of sp³-hybridized carbons (Fsp3) is 0. The summed E-state index contributed by atoms with van der Waals surface area (Å²) in [5.41, 5.74) is -0.106. The van der Waals surface area contributed by atoms with Gasteiger partial charge in [-0.1, -0.05) is 5.92 Å². The van der Waals surface area contributed by atoms with Crippen molar-refractivity contribution in [1.29, 1.82) is 0 Å². The van der Waals surface area contributed by atoms with Gasteiger partial charge in [-0.2, -0.15) is 0 Å². The van der Waals surface area contributed by atoms with Crippen molar-refractivity contribution in [1.82, 2.24) is 5.32 Å². The van der Waals surface area contributed by atoms with Crippen LogP contribution in [-0.2, 0) is 9.59 Å². The predicted octanol–water partition coefficient (Wildman–Crippen LogP) is 0.291. The Labute approximate surface area is 95.0 Å². The zero-order valence-electron chi connectivity index (χ0n) is 8.26. The average Bonchev–Trinajstić information content (AvgIpc) is 2.29. The Balaban J connectivity index is 2.61. The van der Waals surface area contributed by atoms with Crippen LogP contribution in [0.4, 0.5) is 17.1 Å². The van der Waals surface area contributed by atoms with E-state index in [0.29, 0.717) is 0 Å². The number of carbonyl (C=O) groups is 2. The van der Waals surface area contributed by atoms with E-state index in [1.165, 1.54) is 6.07 Å². The lowest BCUT2D eigenvalue weighted by Crippen LogP contribution is -2.33. The van der Waals surface area contributed by atoms with Gasteiger partial charge in [-0.15, -0.1) is 6.42 Å². The van der Waals surface area contributed by atoms with Crippen molar-refractivity contribution in [3.05, 3.63) is 27.8 Å². The second-order valence-corrected chi connectivity index (χ2v) is 3.16. The summed E-state index contributed by atoms with van der Waals surface area (Å²) in [7, 11) is 0. The molecule has 2 rings (SSSR count). The SMILES string of the molecule is C#Cc1cc2c(cc1[N+](=O)[O-])NC(=O)C(=O)[N]2. The monoisotopic (exact) mass is 230 g/mol. The lowest BCUT2D eigenvalue weighted by Gasteiger charge is -2.15. The number of terminal acetylenes is 1. The van der Waals surface area contributed by atoms with E-state index in [1.54, 1.807) is 0 Å². The Morgan fingerprint density at radius 2 is 2.12 bits per heavy atom. The summed E-state index contributed by atoms with van der Waals surface area (Å²) >= 11 is 0. The molecule has 1 aliphatic heterocycles. The average molecular weight is 230 g/mol. The number of hydrogen-bond acceptors (Lipinski definition) is 4. The molecule has 0 aliphatic carbocycles. The second-order valence-electron chi connectivity index (χ2n) is 3.16. The second kappa shape index (κ2) is 3.61. The molecule has 7 heteroatoms. The summed E-state index contributed by atoms with van der Waals surface area (Å²) in [6, 6.07) is 2.29. The molecule has 0 aromatic heterocycles. The number of fused-ring (bicyclic) bond motifs is 1. The highest BCUT2D eigenvalue weighted by atomic mass is 16.6. The minimum absolute atomic E-state index is 0.00134. The molecule has 0 unspecified atom stereocenters. The third-order valence-electron chi connectivity index (χ3n) is 2.13. The molecule has 1 aromatic rings. The molecule has 7 nitrogen and oxygen atoms in total. The van der Waals surface area contributed by atoms with Crippen LogP contribution in [0.5, 0.6) is 0 Å². The first-order valence-electron chi connectivity index (χ1n) is 4.39. The zero-order valence-corrected chi connectivity index (χ0v) is 8.26. The first-order chi connectivity index (χ1) is 8.02. The van der Waals surface area contributed by atoms with Gasteiger partial charge in [0.25, 0.3) is 5.69 Å². The minimum Gasteiger partial charge on any atom is -0.316 e. The van der Waals surface area contributed by atoms with Gasteiger partial charge in [0.15, 0.2) is 0 Å².